The van der Waals surface area contributed by atoms with Crippen LogP contribution in [0, 0.1) is 0 Å². The van der Waals surface area contributed by atoms with Crippen LogP contribution in [0.3, 0.4) is 0 Å². The summed E-state index contributed by atoms with van der Waals surface area (Å²) < 4.78 is 6.73. The molecule has 0 unspecified atom stereocenters. The van der Waals surface area contributed by atoms with Gasteiger partial charge in [0.25, 0.3) is 0 Å². The summed E-state index contributed by atoms with van der Waals surface area (Å²) in [4.78, 5) is 4.53. The molecule has 1 aromatic heterocycles. The first-order valence-corrected chi connectivity index (χ1v) is 7.23. The molecule has 0 saturated heterocycles. The van der Waals surface area contributed by atoms with Crippen molar-refractivity contribution in [1.82, 2.24) is 4.98 Å². The van der Waals surface area contributed by atoms with E-state index >= 15 is 0 Å². The van der Waals surface area contributed by atoms with Gasteiger partial charge in [-0.1, -0.05) is 42.8 Å². The molecule has 0 radical (unpaired) electrons. The molecule has 1 N–H and O–H groups in total. The summed E-state index contributed by atoms with van der Waals surface area (Å²) in [6.45, 7) is 6.22. The number of benzene rings is 1. The molecule has 4 heteroatoms. The van der Waals surface area contributed by atoms with Gasteiger partial charge in [-0.3, -0.25) is 0 Å². The normalized spacial score (nSPS) is 11.4. The van der Waals surface area contributed by atoms with Crippen LogP contribution in [0.2, 0.25) is 0 Å². The largest absolute Gasteiger partial charge is 0.439 e. The van der Waals surface area contributed by atoms with Crippen molar-refractivity contribution in [3.05, 3.63) is 52.1 Å². The second-order valence-corrected chi connectivity index (χ2v) is 6.58. The van der Waals surface area contributed by atoms with Gasteiger partial charge in [-0.25, -0.2) is 4.98 Å². The van der Waals surface area contributed by atoms with Gasteiger partial charge in [0.15, 0.2) is 0 Å². The molecule has 0 aliphatic rings. The van der Waals surface area contributed by atoms with Crippen molar-refractivity contribution in [2.75, 3.05) is 0 Å². The molecule has 2 rings (SSSR count). The molecule has 0 spiro atoms. The third kappa shape index (κ3) is 3.81. The highest BCUT2D eigenvalue weighted by Crippen LogP contribution is 2.28. The maximum Gasteiger partial charge on any atom is 0.219 e. The lowest BCUT2D eigenvalue weighted by Gasteiger charge is -2.19. The second-order valence-electron chi connectivity index (χ2n) is 5.67. The highest BCUT2D eigenvalue weighted by atomic mass is 79.9. The van der Waals surface area contributed by atoms with Crippen molar-refractivity contribution < 1.29 is 9.84 Å². The molecule has 0 saturated carbocycles. The first-order valence-electron chi connectivity index (χ1n) is 6.44. The Morgan fingerprint density at radius 3 is 2.55 bits per heavy atom. The zero-order chi connectivity index (χ0) is 14.8. The topological polar surface area (TPSA) is 42.4 Å². The SMILES string of the molecule is CC(C)(C)c1cc(CO)cc(Oc2cccc(Br)c2)n1. The molecule has 2 aromatic rings. The Bertz CT molecular complexity index is 606. The van der Waals surface area contributed by atoms with E-state index in [1.165, 1.54) is 0 Å². The number of aliphatic hydroxyl groups excluding tert-OH is 1. The van der Waals surface area contributed by atoms with Gasteiger partial charge in [0.2, 0.25) is 5.88 Å². The fourth-order valence-corrected chi connectivity index (χ4v) is 2.12. The van der Waals surface area contributed by atoms with Crippen LogP contribution in [0.25, 0.3) is 0 Å². The number of halogens is 1. The summed E-state index contributed by atoms with van der Waals surface area (Å²) in [6, 6.07) is 11.3. The third-order valence-corrected chi connectivity index (χ3v) is 3.32. The predicted octanol–water partition coefficient (Wildman–Crippen LogP) is 4.43. The Morgan fingerprint density at radius 2 is 1.95 bits per heavy atom. The zero-order valence-corrected chi connectivity index (χ0v) is 13.4. The van der Waals surface area contributed by atoms with Crippen LogP contribution < -0.4 is 4.74 Å². The van der Waals surface area contributed by atoms with Crippen molar-refractivity contribution in [1.29, 1.82) is 0 Å². The average Bonchev–Trinajstić information content (AvgIpc) is 2.37. The molecule has 0 amide bonds. The maximum atomic E-state index is 9.37. The van der Waals surface area contributed by atoms with Crippen LogP contribution in [-0.2, 0) is 12.0 Å². The number of rotatable bonds is 3. The van der Waals surface area contributed by atoms with Crippen molar-refractivity contribution in [3.63, 3.8) is 0 Å². The van der Waals surface area contributed by atoms with Crippen LogP contribution in [0.15, 0.2) is 40.9 Å². The van der Waals surface area contributed by atoms with E-state index in [1.807, 2.05) is 30.3 Å². The Hall–Kier alpha value is -1.39. The second kappa shape index (κ2) is 5.94. The molecule has 0 fully saturated rings. The molecule has 0 aliphatic heterocycles. The van der Waals surface area contributed by atoms with Crippen LogP contribution in [0.1, 0.15) is 32.0 Å². The van der Waals surface area contributed by atoms with E-state index in [0.717, 1.165) is 15.7 Å². The lowest BCUT2D eigenvalue weighted by atomic mass is 9.91. The predicted molar refractivity (Wildman–Crippen MR) is 83.1 cm³/mol. The van der Waals surface area contributed by atoms with E-state index in [2.05, 4.69) is 41.7 Å². The molecule has 1 aromatic carbocycles. The number of hydrogen-bond acceptors (Lipinski definition) is 3. The summed E-state index contributed by atoms with van der Waals surface area (Å²) in [7, 11) is 0. The monoisotopic (exact) mass is 335 g/mol. The number of hydrogen-bond donors (Lipinski definition) is 1. The fourth-order valence-electron chi connectivity index (χ4n) is 1.74. The Kier molecular flexibility index (Phi) is 4.45. The average molecular weight is 336 g/mol. The highest BCUT2D eigenvalue weighted by Gasteiger charge is 2.17. The number of nitrogens with zero attached hydrogens (tertiary/aromatic N) is 1. The van der Waals surface area contributed by atoms with Crippen LogP contribution in [0.5, 0.6) is 11.6 Å². The van der Waals surface area contributed by atoms with Crippen molar-refractivity contribution in [2.45, 2.75) is 32.8 Å². The minimum absolute atomic E-state index is 0.0273. The minimum Gasteiger partial charge on any atom is -0.439 e. The Balaban J connectivity index is 2.36. The van der Waals surface area contributed by atoms with Gasteiger partial charge in [0.1, 0.15) is 5.75 Å². The molecule has 0 bridgehead atoms. The van der Waals surface area contributed by atoms with Gasteiger partial charge in [-0.05, 0) is 29.8 Å². The zero-order valence-electron chi connectivity index (χ0n) is 11.9. The fraction of sp³-hybridized carbons (Fsp3) is 0.312. The smallest absolute Gasteiger partial charge is 0.219 e. The number of aliphatic hydroxyl groups is 1. The molecule has 3 nitrogen and oxygen atoms in total. The Morgan fingerprint density at radius 1 is 1.20 bits per heavy atom. The van der Waals surface area contributed by atoms with Gasteiger partial charge in [0.05, 0.1) is 12.3 Å². The van der Waals surface area contributed by atoms with Gasteiger partial charge in [-0.2, -0.15) is 0 Å². The summed E-state index contributed by atoms with van der Waals surface area (Å²) in [6.07, 6.45) is 0. The Labute approximate surface area is 127 Å². The quantitative estimate of drug-likeness (QED) is 0.902. The van der Waals surface area contributed by atoms with Crippen LogP contribution in [-0.4, -0.2) is 10.1 Å². The standard InChI is InChI=1S/C16H18BrNO2/c1-16(2,3)14-7-11(10-19)8-15(18-14)20-13-6-4-5-12(17)9-13/h4-9,19H,10H2,1-3H3. The number of aromatic nitrogens is 1. The molecular formula is C16H18BrNO2. The molecule has 20 heavy (non-hydrogen) atoms. The number of ether oxygens (including phenoxy) is 1. The summed E-state index contributed by atoms with van der Waals surface area (Å²) in [5, 5.41) is 9.37. The molecule has 1 heterocycles. The molecule has 0 atom stereocenters. The van der Waals surface area contributed by atoms with Crippen molar-refractivity contribution >= 4 is 15.9 Å². The molecule has 106 valence electrons. The van der Waals surface area contributed by atoms with Gasteiger partial charge in [-0.15, -0.1) is 0 Å². The van der Waals surface area contributed by atoms with Crippen LogP contribution >= 0.6 is 15.9 Å². The lowest BCUT2D eigenvalue weighted by Crippen LogP contribution is -2.14. The van der Waals surface area contributed by atoms with E-state index in [9.17, 15) is 5.11 Å². The third-order valence-electron chi connectivity index (χ3n) is 2.83. The van der Waals surface area contributed by atoms with E-state index in [4.69, 9.17) is 4.74 Å². The first kappa shape index (κ1) is 15.0. The van der Waals surface area contributed by atoms with E-state index < -0.39 is 0 Å². The summed E-state index contributed by atoms with van der Waals surface area (Å²) >= 11 is 3.41. The number of pyridine rings is 1. The maximum absolute atomic E-state index is 9.37. The minimum atomic E-state index is -0.0967. The molecular weight excluding hydrogens is 318 g/mol. The van der Waals surface area contributed by atoms with E-state index in [0.29, 0.717) is 11.6 Å². The van der Waals surface area contributed by atoms with Crippen LogP contribution in [0.4, 0.5) is 0 Å². The van der Waals surface area contributed by atoms with Crippen molar-refractivity contribution in [2.24, 2.45) is 0 Å². The van der Waals surface area contributed by atoms with Gasteiger partial charge < -0.3 is 9.84 Å². The first-order chi connectivity index (χ1) is 9.38. The highest BCUT2D eigenvalue weighted by molar-refractivity contribution is 9.10. The van der Waals surface area contributed by atoms with E-state index in [-0.39, 0.29) is 12.0 Å². The lowest BCUT2D eigenvalue weighted by molar-refractivity contribution is 0.280. The van der Waals surface area contributed by atoms with Gasteiger partial charge in [0, 0.05) is 16.0 Å². The summed E-state index contributed by atoms with van der Waals surface area (Å²) in [5.41, 5.74) is 1.60. The van der Waals surface area contributed by atoms with E-state index in [1.54, 1.807) is 6.07 Å². The van der Waals surface area contributed by atoms with Crippen molar-refractivity contribution in [3.8, 4) is 11.6 Å². The molecule has 0 aliphatic carbocycles. The van der Waals surface area contributed by atoms with Gasteiger partial charge >= 0.3 is 0 Å². The summed E-state index contributed by atoms with van der Waals surface area (Å²) in [5.74, 6) is 1.21.